The Hall–Kier alpha value is -3.63. The van der Waals surface area contributed by atoms with Crippen LogP contribution in [0.15, 0.2) is 35.2 Å². The van der Waals surface area contributed by atoms with E-state index in [0.29, 0.717) is 16.8 Å². The lowest BCUT2D eigenvalue weighted by Gasteiger charge is -2.06. The maximum absolute atomic E-state index is 13.5. The molecule has 0 aliphatic rings. The molecule has 0 amide bonds. The van der Waals surface area contributed by atoms with Crippen LogP contribution in [0.4, 0.5) is 13.2 Å². The molecule has 0 spiro atoms. The van der Waals surface area contributed by atoms with Crippen LogP contribution < -0.4 is 0 Å². The highest BCUT2D eigenvalue weighted by Gasteiger charge is 2.39. The molecule has 28 heavy (non-hydrogen) atoms. The molecule has 0 atom stereocenters. The van der Waals surface area contributed by atoms with Crippen molar-refractivity contribution in [1.29, 1.82) is 0 Å². The summed E-state index contributed by atoms with van der Waals surface area (Å²) in [7, 11) is 1.44. The number of fused-ring (bicyclic) bond motifs is 1. The number of aromatic carboxylic acids is 1. The van der Waals surface area contributed by atoms with Gasteiger partial charge in [0.2, 0.25) is 5.89 Å². The highest BCUT2D eigenvalue weighted by molar-refractivity contribution is 5.87. The Morgan fingerprint density at radius 2 is 2.07 bits per heavy atom. The monoisotopic (exact) mass is 391 g/mol. The van der Waals surface area contributed by atoms with E-state index < -0.39 is 17.8 Å². The Bertz CT molecular complexity index is 1220. The number of alkyl halides is 3. The van der Waals surface area contributed by atoms with Gasteiger partial charge in [-0.15, -0.1) is 0 Å². The Labute approximate surface area is 154 Å². The fourth-order valence-corrected chi connectivity index (χ4v) is 2.94. The number of hydrogen-bond donors (Lipinski definition) is 1. The number of carbonyl (C=O) groups is 1. The van der Waals surface area contributed by atoms with Crippen LogP contribution in [0.5, 0.6) is 0 Å². The van der Waals surface area contributed by atoms with Crippen molar-refractivity contribution in [3.05, 3.63) is 47.9 Å². The summed E-state index contributed by atoms with van der Waals surface area (Å²) in [5.41, 5.74) is -0.00309. The van der Waals surface area contributed by atoms with Crippen LogP contribution in [0.25, 0.3) is 28.1 Å². The lowest BCUT2D eigenvalue weighted by Crippen LogP contribution is -2.08. The highest BCUT2D eigenvalue weighted by Crippen LogP contribution is 2.40. The van der Waals surface area contributed by atoms with Crippen LogP contribution in [0.1, 0.15) is 21.9 Å². The number of pyridine rings is 1. The largest absolute Gasteiger partial charge is 0.476 e. The standard InChI is InChI=1S/C17H12F3N5O3/c1-8-13(14(17(18,19)20)23-24(8)2)10-6-21-25-4-3-9(5-12(10)25)15-22-11(7-28-15)16(26)27/h3-7H,1-2H3,(H,26,27). The summed E-state index contributed by atoms with van der Waals surface area (Å²) in [5.74, 6) is -1.21. The zero-order valence-corrected chi connectivity index (χ0v) is 14.5. The predicted molar refractivity (Wildman–Crippen MR) is 89.6 cm³/mol. The van der Waals surface area contributed by atoms with Gasteiger partial charge in [0.1, 0.15) is 6.26 Å². The zero-order chi connectivity index (χ0) is 20.2. The average molecular weight is 391 g/mol. The minimum atomic E-state index is -4.63. The van der Waals surface area contributed by atoms with Crippen molar-refractivity contribution in [3.63, 3.8) is 0 Å². The Balaban J connectivity index is 1.92. The van der Waals surface area contributed by atoms with Gasteiger partial charge in [-0.1, -0.05) is 0 Å². The van der Waals surface area contributed by atoms with Crippen molar-refractivity contribution in [2.75, 3.05) is 0 Å². The minimum Gasteiger partial charge on any atom is -0.476 e. The van der Waals surface area contributed by atoms with E-state index in [-0.39, 0.29) is 22.7 Å². The number of halogens is 3. The average Bonchev–Trinajstić information content (AvgIpc) is 3.32. The zero-order valence-electron chi connectivity index (χ0n) is 14.5. The van der Waals surface area contributed by atoms with Crippen molar-refractivity contribution in [3.8, 4) is 22.6 Å². The second-order valence-corrected chi connectivity index (χ2v) is 6.08. The summed E-state index contributed by atoms with van der Waals surface area (Å²) < 4.78 is 48.2. The predicted octanol–water partition coefficient (Wildman–Crippen LogP) is 3.42. The first-order valence-corrected chi connectivity index (χ1v) is 7.94. The third-order valence-electron chi connectivity index (χ3n) is 4.36. The van der Waals surface area contributed by atoms with E-state index in [1.54, 1.807) is 6.07 Å². The van der Waals surface area contributed by atoms with E-state index in [1.165, 1.54) is 41.6 Å². The summed E-state index contributed by atoms with van der Waals surface area (Å²) in [4.78, 5) is 14.8. The van der Waals surface area contributed by atoms with E-state index in [0.717, 1.165) is 6.26 Å². The topological polar surface area (TPSA) is 98.5 Å². The van der Waals surface area contributed by atoms with E-state index in [4.69, 9.17) is 9.52 Å². The summed E-state index contributed by atoms with van der Waals surface area (Å²) >= 11 is 0. The summed E-state index contributed by atoms with van der Waals surface area (Å²) in [6, 6.07) is 3.11. The van der Waals surface area contributed by atoms with Gasteiger partial charge < -0.3 is 9.52 Å². The van der Waals surface area contributed by atoms with Crippen molar-refractivity contribution in [2.24, 2.45) is 7.05 Å². The van der Waals surface area contributed by atoms with Crippen molar-refractivity contribution in [2.45, 2.75) is 13.1 Å². The maximum Gasteiger partial charge on any atom is 0.435 e. The Morgan fingerprint density at radius 1 is 1.32 bits per heavy atom. The molecule has 0 bridgehead atoms. The van der Waals surface area contributed by atoms with Crippen molar-refractivity contribution < 1.29 is 27.5 Å². The first-order valence-electron chi connectivity index (χ1n) is 7.94. The molecule has 0 aliphatic heterocycles. The molecule has 0 unspecified atom stereocenters. The lowest BCUT2D eigenvalue weighted by molar-refractivity contribution is -0.140. The number of carboxylic acids is 1. The smallest absolute Gasteiger partial charge is 0.435 e. The molecule has 0 fully saturated rings. The molecule has 0 aromatic carbocycles. The van der Waals surface area contributed by atoms with Crippen LogP contribution in [-0.4, -0.2) is 35.5 Å². The second kappa shape index (κ2) is 5.94. The molecule has 0 saturated carbocycles. The number of oxazole rings is 1. The number of carboxylic acid groups (broad SMARTS) is 1. The van der Waals surface area contributed by atoms with Gasteiger partial charge in [0.25, 0.3) is 0 Å². The quantitative estimate of drug-likeness (QED) is 0.575. The molecule has 0 radical (unpaired) electrons. The fourth-order valence-electron chi connectivity index (χ4n) is 2.94. The number of nitrogens with zero attached hydrogens (tertiary/aromatic N) is 5. The van der Waals surface area contributed by atoms with Crippen molar-refractivity contribution >= 4 is 11.5 Å². The van der Waals surface area contributed by atoms with Crippen LogP contribution >= 0.6 is 0 Å². The Kier molecular flexibility index (Phi) is 3.77. The van der Waals surface area contributed by atoms with Crippen LogP contribution in [0, 0.1) is 6.92 Å². The van der Waals surface area contributed by atoms with Gasteiger partial charge >= 0.3 is 12.1 Å². The molecule has 144 valence electrons. The number of rotatable bonds is 3. The molecule has 4 rings (SSSR count). The van der Waals surface area contributed by atoms with Gasteiger partial charge in [-0.25, -0.2) is 14.3 Å². The molecule has 8 nitrogen and oxygen atoms in total. The van der Waals surface area contributed by atoms with Crippen LogP contribution in [0.2, 0.25) is 0 Å². The fraction of sp³-hybridized carbons (Fsp3) is 0.176. The summed E-state index contributed by atoms with van der Waals surface area (Å²) in [6.07, 6.45) is -0.785. The van der Waals surface area contributed by atoms with Gasteiger partial charge in [-0.2, -0.15) is 23.4 Å². The molecule has 11 heteroatoms. The summed E-state index contributed by atoms with van der Waals surface area (Å²) in [5, 5.41) is 16.7. The van der Waals surface area contributed by atoms with Gasteiger partial charge in [-0.3, -0.25) is 4.68 Å². The van der Waals surface area contributed by atoms with Gasteiger partial charge in [0, 0.05) is 35.6 Å². The summed E-state index contributed by atoms with van der Waals surface area (Å²) in [6.45, 7) is 1.54. The molecule has 4 aromatic heterocycles. The van der Waals surface area contributed by atoms with Crippen molar-refractivity contribution in [1.82, 2.24) is 24.4 Å². The first kappa shape index (κ1) is 17.8. The first-order chi connectivity index (χ1) is 13.2. The Morgan fingerprint density at radius 3 is 2.71 bits per heavy atom. The normalized spacial score (nSPS) is 12.0. The number of aryl methyl sites for hydroxylation is 1. The molecule has 0 aliphatic carbocycles. The van der Waals surface area contributed by atoms with Crippen LogP contribution in [0.3, 0.4) is 0 Å². The van der Waals surface area contributed by atoms with E-state index in [9.17, 15) is 18.0 Å². The SMILES string of the molecule is Cc1c(-c2cnn3ccc(-c4nc(C(=O)O)co4)cc23)c(C(F)(F)F)nn1C. The third kappa shape index (κ3) is 2.71. The number of aromatic nitrogens is 5. The highest BCUT2D eigenvalue weighted by atomic mass is 19.4. The molecule has 1 N–H and O–H groups in total. The third-order valence-corrected chi connectivity index (χ3v) is 4.36. The molecular weight excluding hydrogens is 379 g/mol. The van der Waals surface area contributed by atoms with E-state index >= 15 is 0 Å². The van der Waals surface area contributed by atoms with E-state index in [2.05, 4.69) is 15.2 Å². The van der Waals surface area contributed by atoms with Gasteiger partial charge in [0.15, 0.2) is 11.4 Å². The van der Waals surface area contributed by atoms with Crippen LogP contribution in [-0.2, 0) is 13.2 Å². The number of hydrogen-bond acceptors (Lipinski definition) is 5. The van der Waals surface area contributed by atoms with E-state index in [1.807, 2.05) is 0 Å². The molecular formula is C17H12F3N5O3. The lowest BCUT2D eigenvalue weighted by atomic mass is 10.0. The second-order valence-electron chi connectivity index (χ2n) is 6.08. The molecule has 0 saturated heterocycles. The van der Waals surface area contributed by atoms with Gasteiger partial charge in [0.05, 0.1) is 11.7 Å². The molecule has 4 aromatic rings. The maximum atomic E-state index is 13.5. The van der Waals surface area contributed by atoms with Gasteiger partial charge in [-0.05, 0) is 19.1 Å². The molecule has 4 heterocycles. The minimum absolute atomic E-state index is 0.0333.